The Hall–Kier alpha value is -7.24. The number of nitrogens with two attached hydrogens (primary N) is 3. The van der Waals surface area contributed by atoms with Gasteiger partial charge in [0.25, 0.3) is 0 Å². The number of benzene rings is 3. The number of aromatic amines is 1. The van der Waals surface area contributed by atoms with Crippen LogP contribution < -0.4 is 38.5 Å². The van der Waals surface area contributed by atoms with Crippen molar-refractivity contribution >= 4 is 58.2 Å². The number of para-hydroxylation sites is 1. The van der Waals surface area contributed by atoms with Crippen molar-refractivity contribution in [2.75, 3.05) is 32.7 Å². The summed E-state index contributed by atoms with van der Waals surface area (Å²) in [6.45, 7) is -0.299. The number of aliphatic imine (C=N–C) groups is 1. The summed E-state index contributed by atoms with van der Waals surface area (Å²) in [6, 6.07) is 22.9. The number of hydrogen-bond acceptors (Lipinski definition) is 8. The second-order valence-corrected chi connectivity index (χ2v) is 13.8. The average molecular weight is 810 g/mol. The lowest BCUT2D eigenvalue weighted by Gasteiger charge is -2.28. The second-order valence-electron chi connectivity index (χ2n) is 13.8. The Balaban J connectivity index is 1.57. The zero-order valence-electron chi connectivity index (χ0n) is 32.8. The minimum atomic E-state index is -1.23. The smallest absolute Gasteiger partial charge is 0.243 e. The van der Waals surface area contributed by atoms with Crippen LogP contribution >= 0.6 is 0 Å². The van der Waals surface area contributed by atoms with Gasteiger partial charge in [-0.3, -0.25) is 38.6 Å². The van der Waals surface area contributed by atoms with Gasteiger partial charge in [0.2, 0.25) is 41.4 Å². The zero-order chi connectivity index (χ0) is 42.7. The largest absolute Gasteiger partial charge is 0.370 e. The first kappa shape index (κ1) is 44.5. The molecule has 0 radical (unpaired) electrons. The van der Waals surface area contributed by atoms with Gasteiger partial charge in [0.1, 0.15) is 18.6 Å². The van der Waals surface area contributed by atoms with E-state index in [0.29, 0.717) is 11.1 Å². The molecule has 11 N–H and O–H groups in total. The number of hydrogen-bond donors (Lipinski definition) is 8. The van der Waals surface area contributed by atoms with Crippen molar-refractivity contribution < 1.29 is 33.6 Å². The summed E-state index contributed by atoms with van der Waals surface area (Å²) in [5.74, 6) is -4.56. The molecule has 0 bridgehead atoms. The normalized spacial score (nSPS) is 11.7. The van der Waals surface area contributed by atoms with Crippen molar-refractivity contribution in [2.45, 2.75) is 51.4 Å². The van der Waals surface area contributed by atoms with Crippen LogP contribution in [0.2, 0.25) is 0 Å². The van der Waals surface area contributed by atoms with E-state index in [1.807, 2.05) is 30.3 Å². The molecule has 1 heterocycles. The molecule has 7 amide bonds. The fourth-order valence-electron chi connectivity index (χ4n) is 6.13. The van der Waals surface area contributed by atoms with Gasteiger partial charge in [0, 0.05) is 50.1 Å². The fraction of sp³-hybridized carbons (Fsp3) is 0.317. The Morgan fingerprint density at radius 1 is 0.695 bits per heavy atom. The highest BCUT2D eigenvalue weighted by atomic mass is 16.2. The van der Waals surface area contributed by atoms with E-state index < -0.39 is 73.1 Å². The summed E-state index contributed by atoms with van der Waals surface area (Å²) in [5, 5.41) is 11.2. The van der Waals surface area contributed by atoms with Gasteiger partial charge in [-0.1, -0.05) is 78.9 Å². The predicted molar refractivity (Wildman–Crippen MR) is 220 cm³/mol. The second kappa shape index (κ2) is 22.5. The van der Waals surface area contributed by atoms with Crippen LogP contribution in [0.1, 0.15) is 36.5 Å². The van der Waals surface area contributed by atoms with Gasteiger partial charge < -0.3 is 53.3 Å². The van der Waals surface area contributed by atoms with Crippen LogP contribution in [0.15, 0.2) is 96.1 Å². The molecule has 0 fully saturated rings. The van der Waals surface area contributed by atoms with Crippen LogP contribution in [-0.4, -0.2) is 107 Å². The maximum absolute atomic E-state index is 14.1. The lowest BCUT2D eigenvalue weighted by atomic mass is 10.0. The molecular formula is C41H51N11O7. The van der Waals surface area contributed by atoms with Crippen molar-refractivity contribution in [1.29, 1.82) is 0 Å². The number of carbonyl (C=O) groups is 7. The summed E-state index contributed by atoms with van der Waals surface area (Å²) < 4.78 is 0. The van der Waals surface area contributed by atoms with E-state index in [9.17, 15) is 33.6 Å². The fourth-order valence-corrected chi connectivity index (χ4v) is 6.13. The third-order valence-corrected chi connectivity index (χ3v) is 9.05. The Labute approximate surface area is 341 Å². The molecule has 18 nitrogen and oxygen atoms in total. The Bertz CT molecular complexity index is 2100. The molecule has 18 heteroatoms. The molecule has 59 heavy (non-hydrogen) atoms. The summed E-state index contributed by atoms with van der Waals surface area (Å²) in [4.78, 5) is 101. The number of rotatable bonds is 22. The minimum Gasteiger partial charge on any atom is -0.370 e. The summed E-state index contributed by atoms with van der Waals surface area (Å²) >= 11 is 0. The molecule has 0 unspecified atom stereocenters. The summed E-state index contributed by atoms with van der Waals surface area (Å²) in [7, 11) is 0. The lowest BCUT2D eigenvalue weighted by Crippen LogP contribution is -2.56. The molecule has 0 saturated heterocycles. The quantitative estimate of drug-likeness (QED) is 0.0289. The van der Waals surface area contributed by atoms with Gasteiger partial charge in [-0.25, -0.2) is 0 Å². The number of nitrogens with zero attached hydrogens (tertiary/aromatic N) is 3. The van der Waals surface area contributed by atoms with E-state index in [1.165, 1.54) is 16.7 Å². The first-order valence-corrected chi connectivity index (χ1v) is 18.9. The van der Waals surface area contributed by atoms with Gasteiger partial charge in [0.15, 0.2) is 5.96 Å². The van der Waals surface area contributed by atoms with E-state index in [-0.39, 0.29) is 51.4 Å². The van der Waals surface area contributed by atoms with Gasteiger partial charge >= 0.3 is 0 Å². The maximum atomic E-state index is 14.1. The van der Waals surface area contributed by atoms with Crippen LogP contribution in [-0.2, 0) is 53.1 Å². The standard InChI is InChI=1S/C41H51N11O7/c1-27(53)46-22-37(56)52(24-29-13-6-3-7-14-29)26-38(57)51(23-28-11-4-2-5-12-28)25-36(55)49-33(17-10-18-45-41(43)44)40(59)50-34(39(58)48-21-35(42)54)19-30-20-47-32-16-9-8-15-31(30)32/h2-9,11-16,20,33-34,47H,10,17-19,21-26H2,1H3,(H2,42,54)(H,46,53)(H,48,58)(H,49,55)(H,50,59)(H4,43,44,45)/t33-,34-/m0/s1. The number of guanidine groups is 1. The van der Waals surface area contributed by atoms with Crippen molar-refractivity contribution in [3.8, 4) is 0 Å². The molecule has 312 valence electrons. The monoisotopic (exact) mass is 809 g/mol. The van der Waals surface area contributed by atoms with Gasteiger partial charge in [-0.05, 0) is 35.6 Å². The summed E-state index contributed by atoms with van der Waals surface area (Å²) in [6.07, 6.45) is 2.02. The van der Waals surface area contributed by atoms with Crippen molar-refractivity contribution in [3.05, 3.63) is 108 Å². The number of fused-ring (bicyclic) bond motifs is 1. The molecule has 0 aliphatic heterocycles. The number of carbonyl (C=O) groups excluding carboxylic acids is 7. The zero-order valence-corrected chi connectivity index (χ0v) is 32.8. The van der Waals surface area contributed by atoms with Crippen LogP contribution in [0.25, 0.3) is 10.9 Å². The van der Waals surface area contributed by atoms with E-state index >= 15 is 0 Å². The number of aromatic nitrogens is 1. The van der Waals surface area contributed by atoms with Crippen LogP contribution in [0.5, 0.6) is 0 Å². The highest BCUT2D eigenvalue weighted by molar-refractivity contribution is 5.95. The molecule has 4 rings (SSSR count). The SMILES string of the molecule is CC(=O)NCC(=O)N(CC(=O)N(CC(=O)N[C@@H](CCCN=C(N)N)C(=O)N[C@@H](Cc1c[nH]c2ccccc12)C(=O)NCC(N)=O)Cc1ccccc1)Cc1ccccc1. The van der Waals surface area contributed by atoms with Gasteiger partial charge in [-0.2, -0.15) is 0 Å². The Morgan fingerprint density at radius 3 is 1.92 bits per heavy atom. The topological polar surface area (TPSA) is 280 Å². The third-order valence-electron chi connectivity index (χ3n) is 9.05. The predicted octanol–water partition coefficient (Wildman–Crippen LogP) is -0.471. The molecular weight excluding hydrogens is 759 g/mol. The molecule has 3 aromatic carbocycles. The van der Waals surface area contributed by atoms with Crippen LogP contribution in [0, 0.1) is 0 Å². The minimum absolute atomic E-state index is 0.0136. The number of amides is 7. The Morgan fingerprint density at radius 2 is 1.31 bits per heavy atom. The molecule has 0 aliphatic carbocycles. The first-order chi connectivity index (χ1) is 28.3. The van der Waals surface area contributed by atoms with Gasteiger partial charge in [-0.15, -0.1) is 0 Å². The number of H-pyrrole nitrogens is 1. The number of primary amides is 1. The van der Waals surface area contributed by atoms with E-state index in [1.54, 1.807) is 60.8 Å². The average Bonchev–Trinajstić information content (AvgIpc) is 3.62. The molecule has 4 aromatic rings. The lowest BCUT2D eigenvalue weighted by molar-refractivity contribution is -0.143. The molecule has 0 aliphatic rings. The van der Waals surface area contributed by atoms with Crippen LogP contribution in [0.4, 0.5) is 0 Å². The maximum Gasteiger partial charge on any atom is 0.243 e. The van der Waals surface area contributed by atoms with Gasteiger partial charge in [0.05, 0.1) is 19.6 Å². The highest BCUT2D eigenvalue weighted by Crippen LogP contribution is 2.19. The first-order valence-electron chi connectivity index (χ1n) is 18.9. The van der Waals surface area contributed by atoms with Crippen molar-refractivity contribution in [2.24, 2.45) is 22.2 Å². The Kier molecular flexibility index (Phi) is 17.0. The number of nitrogens with one attached hydrogen (secondary N) is 5. The third kappa shape index (κ3) is 15.0. The molecule has 1 aromatic heterocycles. The molecule has 0 saturated carbocycles. The van der Waals surface area contributed by atoms with E-state index in [4.69, 9.17) is 17.2 Å². The van der Waals surface area contributed by atoms with Crippen molar-refractivity contribution in [3.63, 3.8) is 0 Å². The van der Waals surface area contributed by atoms with E-state index in [0.717, 1.165) is 16.5 Å². The van der Waals surface area contributed by atoms with Crippen molar-refractivity contribution in [1.82, 2.24) is 36.1 Å². The molecule has 0 spiro atoms. The summed E-state index contributed by atoms with van der Waals surface area (Å²) in [5.41, 5.74) is 19.2. The van der Waals surface area contributed by atoms with Crippen LogP contribution in [0.3, 0.4) is 0 Å². The van der Waals surface area contributed by atoms with E-state index in [2.05, 4.69) is 31.2 Å². The highest BCUT2D eigenvalue weighted by Gasteiger charge is 2.30. The molecule has 2 atom stereocenters.